The minimum absolute atomic E-state index is 0.0705. The zero-order chi connectivity index (χ0) is 13.2. The van der Waals surface area contributed by atoms with E-state index < -0.39 is 0 Å². The molecule has 0 heterocycles. The van der Waals surface area contributed by atoms with Gasteiger partial charge in [0.1, 0.15) is 5.75 Å². The van der Waals surface area contributed by atoms with Gasteiger partial charge in [-0.15, -0.1) is 0 Å². The van der Waals surface area contributed by atoms with Crippen molar-refractivity contribution >= 4 is 17.4 Å². The van der Waals surface area contributed by atoms with Crippen molar-refractivity contribution in [1.82, 2.24) is 0 Å². The van der Waals surface area contributed by atoms with Crippen LogP contribution in [-0.2, 0) is 4.74 Å². The molecule has 18 heavy (non-hydrogen) atoms. The molecule has 0 N–H and O–H groups in total. The minimum atomic E-state index is -0.247. The SMILES string of the molecule is COc1ccc(C(=O)CC2(OC)CCC2)cc1Cl. The third-order valence-electron chi connectivity index (χ3n) is 3.65. The first-order valence-electron chi connectivity index (χ1n) is 6.02. The fourth-order valence-corrected chi connectivity index (χ4v) is 2.52. The number of hydrogen-bond acceptors (Lipinski definition) is 3. The Balaban J connectivity index is 2.11. The lowest BCUT2D eigenvalue weighted by atomic mass is 9.76. The molecule has 0 aliphatic heterocycles. The predicted molar refractivity (Wildman–Crippen MR) is 70.5 cm³/mol. The van der Waals surface area contributed by atoms with Gasteiger partial charge in [-0.1, -0.05) is 11.6 Å². The Morgan fingerprint density at radius 3 is 2.56 bits per heavy atom. The van der Waals surface area contributed by atoms with Crippen molar-refractivity contribution < 1.29 is 14.3 Å². The lowest BCUT2D eigenvalue weighted by molar-refractivity contribution is -0.0704. The van der Waals surface area contributed by atoms with Crippen molar-refractivity contribution in [1.29, 1.82) is 0 Å². The summed E-state index contributed by atoms with van der Waals surface area (Å²) >= 11 is 6.02. The first-order valence-corrected chi connectivity index (χ1v) is 6.40. The quantitative estimate of drug-likeness (QED) is 0.767. The molecule has 0 saturated heterocycles. The molecule has 0 spiro atoms. The second-order valence-corrected chi connectivity index (χ2v) is 5.10. The Morgan fingerprint density at radius 2 is 2.11 bits per heavy atom. The fourth-order valence-electron chi connectivity index (χ4n) is 2.26. The average molecular weight is 269 g/mol. The maximum Gasteiger partial charge on any atom is 0.165 e. The molecular formula is C14H17ClO3. The van der Waals surface area contributed by atoms with Crippen LogP contribution in [0.2, 0.25) is 5.02 Å². The summed E-state index contributed by atoms with van der Waals surface area (Å²) < 4.78 is 10.5. The monoisotopic (exact) mass is 268 g/mol. The van der Waals surface area contributed by atoms with Crippen LogP contribution in [0.1, 0.15) is 36.0 Å². The van der Waals surface area contributed by atoms with E-state index in [1.54, 1.807) is 32.4 Å². The number of methoxy groups -OCH3 is 2. The van der Waals surface area contributed by atoms with Crippen LogP contribution < -0.4 is 4.74 Å². The summed E-state index contributed by atoms with van der Waals surface area (Å²) in [5.41, 5.74) is 0.368. The Morgan fingerprint density at radius 1 is 1.39 bits per heavy atom. The van der Waals surface area contributed by atoms with Crippen molar-refractivity contribution in [2.24, 2.45) is 0 Å². The molecule has 2 rings (SSSR count). The standard InChI is InChI=1S/C14H17ClO3/c1-17-13-5-4-10(8-11(13)15)12(16)9-14(18-2)6-3-7-14/h4-5,8H,3,6-7,9H2,1-2H3. The Bertz CT molecular complexity index is 447. The third-order valence-corrected chi connectivity index (χ3v) is 3.95. The number of halogens is 1. The molecule has 0 amide bonds. The van der Waals surface area contributed by atoms with Crippen molar-refractivity contribution in [3.63, 3.8) is 0 Å². The molecule has 1 aliphatic carbocycles. The van der Waals surface area contributed by atoms with E-state index in [4.69, 9.17) is 21.1 Å². The van der Waals surface area contributed by atoms with Gasteiger partial charge in [-0.05, 0) is 37.5 Å². The van der Waals surface area contributed by atoms with E-state index in [9.17, 15) is 4.79 Å². The lowest BCUT2D eigenvalue weighted by Gasteiger charge is -2.40. The zero-order valence-corrected chi connectivity index (χ0v) is 11.4. The summed E-state index contributed by atoms with van der Waals surface area (Å²) in [4.78, 5) is 12.2. The van der Waals surface area contributed by atoms with Gasteiger partial charge in [-0.2, -0.15) is 0 Å². The van der Waals surface area contributed by atoms with Gasteiger partial charge >= 0.3 is 0 Å². The summed E-state index contributed by atoms with van der Waals surface area (Å²) in [5, 5.41) is 0.462. The number of rotatable bonds is 5. The van der Waals surface area contributed by atoms with Crippen LogP contribution in [0.5, 0.6) is 5.75 Å². The van der Waals surface area contributed by atoms with E-state index in [2.05, 4.69) is 0 Å². The van der Waals surface area contributed by atoms with Crippen molar-refractivity contribution in [3.8, 4) is 5.75 Å². The van der Waals surface area contributed by atoms with Crippen molar-refractivity contribution in [2.45, 2.75) is 31.3 Å². The molecule has 1 aromatic rings. The van der Waals surface area contributed by atoms with Crippen LogP contribution in [0, 0.1) is 0 Å². The molecule has 1 fully saturated rings. The molecule has 1 saturated carbocycles. The minimum Gasteiger partial charge on any atom is -0.495 e. The smallest absolute Gasteiger partial charge is 0.165 e. The second-order valence-electron chi connectivity index (χ2n) is 4.69. The summed E-state index contributed by atoms with van der Waals surface area (Å²) in [6.45, 7) is 0. The van der Waals surface area contributed by atoms with E-state index in [1.807, 2.05) is 0 Å². The molecule has 0 atom stereocenters. The van der Waals surface area contributed by atoms with E-state index in [0.29, 0.717) is 22.8 Å². The molecular weight excluding hydrogens is 252 g/mol. The number of carbonyl (C=O) groups excluding carboxylic acids is 1. The van der Waals surface area contributed by atoms with Crippen LogP contribution >= 0.6 is 11.6 Å². The van der Waals surface area contributed by atoms with Gasteiger partial charge in [0.2, 0.25) is 0 Å². The van der Waals surface area contributed by atoms with Crippen molar-refractivity contribution in [2.75, 3.05) is 14.2 Å². The van der Waals surface area contributed by atoms with Gasteiger partial charge in [0, 0.05) is 19.1 Å². The Kier molecular flexibility index (Phi) is 3.93. The lowest BCUT2D eigenvalue weighted by Crippen LogP contribution is -2.41. The summed E-state index contributed by atoms with van der Waals surface area (Å²) in [6, 6.07) is 5.12. The van der Waals surface area contributed by atoms with E-state index >= 15 is 0 Å². The first kappa shape index (κ1) is 13.4. The van der Waals surface area contributed by atoms with Crippen molar-refractivity contribution in [3.05, 3.63) is 28.8 Å². The molecule has 0 aromatic heterocycles. The van der Waals surface area contributed by atoms with Gasteiger partial charge < -0.3 is 9.47 Å². The molecule has 1 aliphatic rings. The Hall–Kier alpha value is -1.06. The highest BCUT2D eigenvalue weighted by Crippen LogP contribution is 2.39. The normalized spacial score (nSPS) is 17.1. The highest BCUT2D eigenvalue weighted by molar-refractivity contribution is 6.32. The number of carbonyl (C=O) groups is 1. The highest BCUT2D eigenvalue weighted by Gasteiger charge is 2.39. The van der Waals surface area contributed by atoms with Gasteiger partial charge in [-0.3, -0.25) is 4.79 Å². The summed E-state index contributed by atoms with van der Waals surface area (Å²) in [6.07, 6.45) is 3.47. The number of ether oxygens (including phenoxy) is 2. The van der Waals surface area contributed by atoms with E-state index in [0.717, 1.165) is 19.3 Å². The molecule has 0 unspecified atom stereocenters. The second kappa shape index (κ2) is 5.29. The molecule has 98 valence electrons. The largest absolute Gasteiger partial charge is 0.495 e. The maximum absolute atomic E-state index is 12.2. The zero-order valence-electron chi connectivity index (χ0n) is 10.7. The summed E-state index contributed by atoms with van der Waals surface area (Å²) in [7, 11) is 3.23. The first-order chi connectivity index (χ1) is 8.60. The Labute approximate surface area is 112 Å². The van der Waals surface area contributed by atoms with Gasteiger partial charge in [0.15, 0.2) is 5.78 Å². The van der Waals surface area contributed by atoms with Crippen LogP contribution in [-0.4, -0.2) is 25.6 Å². The van der Waals surface area contributed by atoms with Gasteiger partial charge in [-0.25, -0.2) is 0 Å². The van der Waals surface area contributed by atoms with Crippen LogP contribution in [0.4, 0.5) is 0 Å². The number of Topliss-reactive ketones (excluding diaryl/α,β-unsaturated/α-hetero) is 1. The molecule has 0 bridgehead atoms. The maximum atomic E-state index is 12.2. The van der Waals surface area contributed by atoms with E-state index in [1.165, 1.54) is 0 Å². The van der Waals surface area contributed by atoms with Gasteiger partial charge in [0.25, 0.3) is 0 Å². The van der Waals surface area contributed by atoms with E-state index in [-0.39, 0.29) is 11.4 Å². The molecule has 4 heteroatoms. The number of hydrogen-bond donors (Lipinski definition) is 0. The highest BCUT2D eigenvalue weighted by atomic mass is 35.5. The van der Waals surface area contributed by atoms with Crippen LogP contribution in [0.25, 0.3) is 0 Å². The van der Waals surface area contributed by atoms with Gasteiger partial charge in [0.05, 0.1) is 17.7 Å². The molecule has 3 nitrogen and oxygen atoms in total. The van der Waals surface area contributed by atoms with Crippen LogP contribution in [0.15, 0.2) is 18.2 Å². The fraction of sp³-hybridized carbons (Fsp3) is 0.500. The third kappa shape index (κ3) is 2.52. The molecule has 0 radical (unpaired) electrons. The predicted octanol–water partition coefficient (Wildman–Crippen LogP) is 3.49. The van der Waals surface area contributed by atoms with Crippen LogP contribution in [0.3, 0.4) is 0 Å². The number of benzene rings is 1. The number of ketones is 1. The molecule has 1 aromatic carbocycles. The average Bonchev–Trinajstić information content (AvgIpc) is 2.33. The topological polar surface area (TPSA) is 35.5 Å². The summed E-state index contributed by atoms with van der Waals surface area (Å²) in [5.74, 6) is 0.652.